The van der Waals surface area contributed by atoms with Crippen LogP contribution in [0.15, 0.2) is 35.7 Å². The highest BCUT2D eigenvalue weighted by atomic mass is 32.1. The van der Waals surface area contributed by atoms with Crippen LogP contribution >= 0.6 is 11.3 Å². The Morgan fingerprint density at radius 2 is 1.82 bits per heavy atom. The first kappa shape index (κ1) is 41.6. The second kappa shape index (κ2) is 20.3. The highest BCUT2D eigenvalue weighted by Gasteiger charge is 2.37. The van der Waals surface area contributed by atoms with Gasteiger partial charge in [0.2, 0.25) is 11.8 Å². The van der Waals surface area contributed by atoms with E-state index in [4.69, 9.17) is 11.2 Å². The fourth-order valence-electron chi connectivity index (χ4n) is 6.63. The summed E-state index contributed by atoms with van der Waals surface area (Å²) in [5, 5.41) is 17.9. The van der Waals surface area contributed by atoms with Crippen molar-refractivity contribution in [1.29, 1.82) is 0 Å². The Bertz CT molecular complexity index is 1480. The van der Waals surface area contributed by atoms with E-state index in [9.17, 15) is 24.3 Å². The van der Waals surface area contributed by atoms with Crippen LogP contribution in [0, 0.1) is 30.1 Å². The molecule has 0 radical (unpaired) electrons. The van der Waals surface area contributed by atoms with Crippen molar-refractivity contribution in [3.63, 3.8) is 0 Å². The van der Waals surface area contributed by atoms with Gasteiger partial charge in [-0.15, -0.1) is 17.8 Å². The summed E-state index contributed by atoms with van der Waals surface area (Å²) >= 11 is 1.27. The molecule has 2 heterocycles. The number of nitrogens with zero attached hydrogens (tertiary/aromatic N) is 3. The Hall–Kier alpha value is -3.79. The number of carboxylic acid groups (broad SMARTS) is 1. The van der Waals surface area contributed by atoms with Crippen molar-refractivity contribution >= 4 is 35.0 Å². The number of aromatic nitrogens is 1. The number of nitrogens with one attached hydrogen (secondary N) is 2. The van der Waals surface area contributed by atoms with Crippen LogP contribution in [0.3, 0.4) is 0 Å². The third-order valence-corrected chi connectivity index (χ3v) is 11.0. The van der Waals surface area contributed by atoms with E-state index in [-0.39, 0.29) is 54.5 Å². The number of benzene rings is 1. The van der Waals surface area contributed by atoms with Gasteiger partial charge in [-0.25, -0.2) is 4.98 Å². The van der Waals surface area contributed by atoms with Crippen LogP contribution in [0.4, 0.5) is 0 Å². The Morgan fingerprint density at radius 1 is 1.12 bits per heavy atom. The molecule has 1 aliphatic heterocycles. The van der Waals surface area contributed by atoms with E-state index in [1.165, 1.54) is 11.3 Å². The maximum atomic E-state index is 14.2. The van der Waals surface area contributed by atoms with Gasteiger partial charge in [-0.3, -0.25) is 24.1 Å². The molecule has 0 spiro atoms. The number of likely N-dealkylation sites (tertiary alicyclic amines) is 1. The number of hydrogen-bond donors (Lipinski definition) is 3. The first-order chi connectivity index (χ1) is 24.3. The molecule has 1 aliphatic rings. The minimum Gasteiger partial charge on any atom is -0.481 e. The molecule has 0 aliphatic carbocycles. The van der Waals surface area contributed by atoms with Crippen LogP contribution in [-0.2, 0) is 25.5 Å². The second-order valence-electron chi connectivity index (χ2n) is 14.3. The maximum Gasteiger partial charge on any atom is 0.306 e. The summed E-state index contributed by atoms with van der Waals surface area (Å²) in [4.78, 5) is 61.2. The number of piperidine rings is 1. The van der Waals surface area contributed by atoms with Gasteiger partial charge in [0, 0.05) is 30.9 Å². The van der Waals surface area contributed by atoms with Crippen LogP contribution in [0.1, 0.15) is 100 Å². The average Bonchev–Trinajstić information content (AvgIpc) is 3.60. The van der Waals surface area contributed by atoms with Crippen LogP contribution in [0.25, 0.3) is 0 Å². The number of hydrogen-bond acceptors (Lipinski definition) is 8. The molecule has 51 heavy (non-hydrogen) atoms. The molecule has 11 nitrogen and oxygen atoms in total. The summed E-state index contributed by atoms with van der Waals surface area (Å²) in [7, 11) is 3.72. The molecule has 2 unspecified atom stereocenters. The molecular weight excluding hydrogens is 667 g/mol. The average molecular weight is 724 g/mol. The number of amides is 3. The molecule has 3 amide bonds. The molecule has 1 saturated heterocycles. The Kier molecular flexibility index (Phi) is 16.6. The van der Waals surface area contributed by atoms with Crippen LogP contribution in [0.5, 0.6) is 0 Å². The van der Waals surface area contributed by atoms with Gasteiger partial charge >= 0.3 is 5.97 Å². The lowest BCUT2D eigenvalue weighted by atomic mass is 9.92. The minimum absolute atomic E-state index is 0.0148. The molecular formula is C39H57N5O6S. The van der Waals surface area contributed by atoms with E-state index in [1.807, 2.05) is 65.1 Å². The highest BCUT2D eigenvalue weighted by molar-refractivity contribution is 7.09. The fraction of sp³-hybridized carbons (Fsp3) is 0.615. The maximum absolute atomic E-state index is 14.2. The van der Waals surface area contributed by atoms with Gasteiger partial charge in [0.25, 0.3) is 5.91 Å². The van der Waals surface area contributed by atoms with Crippen LogP contribution < -0.4 is 10.6 Å². The molecule has 0 saturated carbocycles. The quantitative estimate of drug-likeness (QED) is 0.169. The van der Waals surface area contributed by atoms with Crippen LogP contribution in [0.2, 0.25) is 0 Å². The summed E-state index contributed by atoms with van der Waals surface area (Å²) in [6.45, 7) is 10.6. The van der Waals surface area contributed by atoms with Gasteiger partial charge < -0.3 is 25.4 Å². The smallest absolute Gasteiger partial charge is 0.306 e. The number of rotatable bonds is 19. The van der Waals surface area contributed by atoms with Gasteiger partial charge in [0.1, 0.15) is 29.5 Å². The number of carbonyl (C=O) groups is 4. The van der Waals surface area contributed by atoms with E-state index >= 15 is 0 Å². The summed E-state index contributed by atoms with van der Waals surface area (Å²) in [5.74, 6) is 0.200. The number of carbonyl (C=O) groups excluding carboxylic acids is 3. The lowest BCUT2D eigenvalue weighted by Crippen LogP contribution is -2.58. The van der Waals surface area contributed by atoms with E-state index in [0.29, 0.717) is 17.8 Å². The van der Waals surface area contributed by atoms with Crippen LogP contribution in [-0.4, -0.2) is 95.0 Å². The third kappa shape index (κ3) is 12.2. The van der Waals surface area contributed by atoms with Gasteiger partial charge in [-0.1, -0.05) is 83.7 Å². The fourth-order valence-corrected chi connectivity index (χ4v) is 7.49. The molecule has 1 aromatic heterocycles. The lowest BCUT2D eigenvalue weighted by molar-refractivity contribution is -0.141. The molecule has 280 valence electrons. The first-order valence-electron chi connectivity index (χ1n) is 18.1. The molecule has 1 fully saturated rings. The van der Waals surface area contributed by atoms with Crippen molar-refractivity contribution in [1.82, 2.24) is 25.4 Å². The molecule has 0 bridgehead atoms. The van der Waals surface area contributed by atoms with E-state index in [1.54, 1.807) is 24.3 Å². The number of likely N-dealkylation sites (N-methyl/N-ethyl adjacent to an activating group) is 2. The molecule has 2 aromatic rings. The number of ether oxygens (including phenoxy) is 1. The summed E-state index contributed by atoms with van der Waals surface area (Å²) in [6.07, 6.45) is 9.61. The predicted octanol–water partition coefficient (Wildman–Crippen LogP) is 5.17. The zero-order chi connectivity index (χ0) is 37.7. The standard InChI is InChI=1S/C39H57N5O6S/c1-9-20-50-33(37-41-30(24-51-37)35(45)40-29(21-27(6)39(48)49)22-28-16-12-11-13-17-28)23-32(25(3)4)44(8)38(47)34(26(5)10-2)42-36(46)31-18-14-15-19-43(31)7/h1,11-13,16-17,24-27,29,31-34H,10,14-15,18-23H2,2-8H3,(H,40,45)(H,42,46)(H,48,49)/t26-,27?,29?,31+,32+,33+,34-/m0/s1. The van der Waals surface area contributed by atoms with Gasteiger partial charge in [-0.2, -0.15) is 0 Å². The molecule has 3 rings (SSSR count). The minimum atomic E-state index is -0.926. The molecule has 12 heteroatoms. The highest BCUT2D eigenvalue weighted by Crippen LogP contribution is 2.31. The number of thiazole rings is 1. The normalized spacial score (nSPS) is 18.5. The van der Waals surface area contributed by atoms with Crippen molar-refractivity contribution in [3.8, 4) is 12.3 Å². The van der Waals surface area contributed by atoms with Crippen molar-refractivity contribution in [3.05, 3.63) is 52.0 Å². The van der Waals surface area contributed by atoms with Gasteiger partial charge in [0.15, 0.2) is 0 Å². The number of aliphatic carboxylic acids is 1. The molecule has 1 aromatic carbocycles. The lowest BCUT2D eigenvalue weighted by Gasteiger charge is -2.38. The Morgan fingerprint density at radius 3 is 2.43 bits per heavy atom. The van der Waals surface area contributed by atoms with Gasteiger partial charge in [-0.05, 0) is 56.7 Å². The zero-order valence-corrected chi connectivity index (χ0v) is 32.1. The summed E-state index contributed by atoms with van der Waals surface area (Å²) in [6, 6.07) is 7.95. The second-order valence-corrected chi connectivity index (χ2v) is 15.2. The van der Waals surface area contributed by atoms with E-state index < -0.39 is 36.0 Å². The zero-order valence-electron chi connectivity index (χ0n) is 31.3. The molecule has 3 N–H and O–H groups in total. The van der Waals surface area contributed by atoms with E-state index in [0.717, 1.165) is 37.8 Å². The SMILES string of the molecule is C#CCO[C@H](C[C@H](C(C)C)N(C)C(=O)[C@@H](NC(=O)[C@H]1CCCCN1C)[C@@H](C)CC)c1nc(C(=O)NC(Cc2ccccc2)CC(C)C(=O)O)cs1. The largest absolute Gasteiger partial charge is 0.481 e. The van der Waals surface area contributed by atoms with E-state index in [2.05, 4.69) is 26.4 Å². The monoisotopic (exact) mass is 723 g/mol. The van der Waals surface area contributed by atoms with Crippen molar-refractivity contribution < 1.29 is 29.0 Å². The summed E-state index contributed by atoms with van der Waals surface area (Å²) < 4.78 is 6.11. The topological polar surface area (TPSA) is 141 Å². The Balaban J connectivity index is 1.80. The van der Waals surface area contributed by atoms with Crippen molar-refractivity contribution in [2.75, 3.05) is 27.2 Å². The van der Waals surface area contributed by atoms with Gasteiger partial charge in [0.05, 0.1) is 12.0 Å². The number of terminal acetylenes is 1. The Labute approximate surface area is 307 Å². The number of carboxylic acids is 1. The first-order valence-corrected chi connectivity index (χ1v) is 19.0. The van der Waals surface area contributed by atoms with Crippen molar-refractivity contribution in [2.45, 2.75) is 110 Å². The predicted molar refractivity (Wildman–Crippen MR) is 200 cm³/mol. The van der Waals surface area contributed by atoms with Crippen molar-refractivity contribution in [2.24, 2.45) is 17.8 Å². The summed E-state index contributed by atoms with van der Waals surface area (Å²) in [5.41, 5.74) is 1.18. The molecule has 7 atom stereocenters. The third-order valence-electron chi connectivity index (χ3n) is 10.0.